The van der Waals surface area contributed by atoms with E-state index in [-0.39, 0.29) is 5.97 Å². The van der Waals surface area contributed by atoms with Gasteiger partial charge >= 0.3 is 5.97 Å². The maximum absolute atomic E-state index is 11.6. The third kappa shape index (κ3) is 3.23. The van der Waals surface area contributed by atoms with Crippen LogP contribution >= 0.6 is 0 Å². The zero-order valence-corrected chi connectivity index (χ0v) is 10.8. The summed E-state index contributed by atoms with van der Waals surface area (Å²) in [5, 5.41) is 3.31. The number of nitrogens with one attached hydrogen (secondary N) is 1. The predicted molar refractivity (Wildman–Crippen MR) is 71.9 cm³/mol. The van der Waals surface area contributed by atoms with Gasteiger partial charge in [-0.3, -0.25) is 0 Å². The van der Waals surface area contributed by atoms with Crippen LogP contribution in [0.15, 0.2) is 24.3 Å². The third-order valence-electron chi connectivity index (χ3n) is 3.27. The van der Waals surface area contributed by atoms with E-state index in [1.807, 2.05) is 18.2 Å². The van der Waals surface area contributed by atoms with Gasteiger partial charge in [-0.25, -0.2) is 4.79 Å². The van der Waals surface area contributed by atoms with Crippen molar-refractivity contribution in [3.05, 3.63) is 29.8 Å². The number of carbonyl (C=O) groups excluding carboxylic acids is 1. The second-order valence-corrected chi connectivity index (χ2v) is 4.51. The van der Waals surface area contributed by atoms with Gasteiger partial charge in [0.15, 0.2) is 0 Å². The lowest BCUT2D eigenvalue weighted by atomic mass is 10.2. The largest absolute Gasteiger partial charge is 0.465 e. The monoisotopic (exact) mass is 248 g/mol. The van der Waals surface area contributed by atoms with E-state index in [0.717, 1.165) is 18.8 Å². The summed E-state index contributed by atoms with van der Waals surface area (Å²) in [7, 11) is 1.41. The first-order chi connectivity index (χ1) is 8.81. The topological polar surface area (TPSA) is 41.6 Å². The Morgan fingerprint density at radius 1 is 1.33 bits per heavy atom. The highest BCUT2D eigenvalue weighted by Gasteiger charge is 2.12. The lowest BCUT2D eigenvalue weighted by molar-refractivity contribution is 0.0602. The highest BCUT2D eigenvalue weighted by molar-refractivity contribution is 5.95. The van der Waals surface area contributed by atoms with Crippen molar-refractivity contribution in [2.45, 2.75) is 12.8 Å². The van der Waals surface area contributed by atoms with Crippen LogP contribution in [0, 0.1) is 0 Å². The van der Waals surface area contributed by atoms with Gasteiger partial charge in [0.1, 0.15) is 0 Å². The predicted octanol–water partition coefficient (Wildman–Crippen LogP) is 1.98. The first-order valence-corrected chi connectivity index (χ1v) is 6.45. The van der Waals surface area contributed by atoms with Crippen molar-refractivity contribution in [1.29, 1.82) is 0 Å². The fraction of sp³-hybridized carbons (Fsp3) is 0.500. The fourth-order valence-electron chi connectivity index (χ4n) is 2.28. The average molecular weight is 248 g/mol. The molecule has 98 valence electrons. The quantitative estimate of drug-likeness (QED) is 0.809. The van der Waals surface area contributed by atoms with E-state index in [4.69, 9.17) is 4.74 Å². The minimum absolute atomic E-state index is 0.292. The molecule has 0 aliphatic carbocycles. The summed E-state index contributed by atoms with van der Waals surface area (Å²) in [6, 6.07) is 7.46. The van der Waals surface area contributed by atoms with E-state index in [2.05, 4.69) is 10.2 Å². The lowest BCUT2D eigenvalue weighted by Crippen LogP contribution is -2.26. The molecule has 0 amide bonds. The van der Waals surface area contributed by atoms with Crippen LogP contribution in [0.25, 0.3) is 0 Å². The number of nitrogens with zero attached hydrogens (tertiary/aromatic N) is 1. The first-order valence-electron chi connectivity index (χ1n) is 6.45. The summed E-state index contributed by atoms with van der Waals surface area (Å²) in [6.07, 6.45) is 2.61. The Bertz CT molecular complexity index is 401. The minimum atomic E-state index is -0.292. The molecule has 0 aromatic heterocycles. The molecule has 0 atom stereocenters. The van der Waals surface area contributed by atoms with E-state index >= 15 is 0 Å². The molecule has 1 aromatic carbocycles. The molecule has 0 bridgehead atoms. The summed E-state index contributed by atoms with van der Waals surface area (Å²) in [6.45, 7) is 4.27. The van der Waals surface area contributed by atoms with Gasteiger partial charge in [0.25, 0.3) is 0 Å². The van der Waals surface area contributed by atoms with E-state index in [1.165, 1.54) is 33.0 Å². The molecule has 2 rings (SSSR count). The molecule has 1 aliphatic rings. The Kier molecular flexibility index (Phi) is 4.59. The number of hydrogen-bond acceptors (Lipinski definition) is 4. The molecular formula is C14H20N2O2. The maximum atomic E-state index is 11.6. The van der Waals surface area contributed by atoms with Crippen molar-refractivity contribution < 1.29 is 9.53 Å². The number of carbonyl (C=O) groups is 1. The number of para-hydroxylation sites is 1. The zero-order chi connectivity index (χ0) is 12.8. The van der Waals surface area contributed by atoms with Crippen LogP contribution in [0.2, 0.25) is 0 Å². The second-order valence-electron chi connectivity index (χ2n) is 4.51. The van der Waals surface area contributed by atoms with Gasteiger partial charge in [-0.1, -0.05) is 12.1 Å². The summed E-state index contributed by atoms with van der Waals surface area (Å²) in [5.74, 6) is -0.292. The van der Waals surface area contributed by atoms with Crippen LogP contribution < -0.4 is 5.32 Å². The standard InChI is InChI=1S/C14H20N2O2/c1-18-14(17)12-6-2-3-7-13(12)15-8-11-16-9-4-5-10-16/h2-3,6-7,15H,4-5,8-11H2,1H3. The fourth-order valence-corrected chi connectivity index (χ4v) is 2.28. The Balaban J connectivity index is 1.89. The number of ether oxygens (including phenoxy) is 1. The van der Waals surface area contributed by atoms with Gasteiger partial charge in [-0.15, -0.1) is 0 Å². The molecule has 1 aliphatic heterocycles. The van der Waals surface area contributed by atoms with Gasteiger partial charge < -0.3 is 15.0 Å². The molecule has 0 unspecified atom stereocenters. The molecule has 4 heteroatoms. The SMILES string of the molecule is COC(=O)c1ccccc1NCCN1CCCC1. The Morgan fingerprint density at radius 2 is 2.06 bits per heavy atom. The number of esters is 1. The molecular weight excluding hydrogens is 228 g/mol. The van der Waals surface area contributed by atoms with Gasteiger partial charge in [0, 0.05) is 18.8 Å². The average Bonchev–Trinajstić information content (AvgIpc) is 2.92. The molecule has 0 radical (unpaired) electrons. The Hall–Kier alpha value is -1.55. The number of anilines is 1. The molecule has 4 nitrogen and oxygen atoms in total. The summed E-state index contributed by atoms with van der Waals surface area (Å²) in [4.78, 5) is 14.0. The number of methoxy groups -OCH3 is 1. The summed E-state index contributed by atoms with van der Waals surface area (Å²) >= 11 is 0. The molecule has 1 N–H and O–H groups in total. The van der Waals surface area contributed by atoms with Crippen molar-refractivity contribution in [2.24, 2.45) is 0 Å². The number of benzene rings is 1. The van der Waals surface area contributed by atoms with Gasteiger partial charge in [-0.2, -0.15) is 0 Å². The van der Waals surface area contributed by atoms with E-state index in [1.54, 1.807) is 6.07 Å². The summed E-state index contributed by atoms with van der Waals surface area (Å²) in [5.41, 5.74) is 1.45. The molecule has 0 spiro atoms. The second kappa shape index (κ2) is 6.40. The number of likely N-dealkylation sites (tertiary alicyclic amines) is 1. The smallest absolute Gasteiger partial charge is 0.339 e. The van der Waals surface area contributed by atoms with Crippen LogP contribution in [0.5, 0.6) is 0 Å². The van der Waals surface area contributed by atoms with Crippen molar-refractivity contribution in [2.75, 3.05) is 38.6 Å². The molecule has 18 heavy (non-hydrogen) atoms. The third-order valence-corrected chi connectivity index (χ3v) is 3.27. The van der Waals surface area contributed by atoms with E-state index in [0.29, 0.717) is 5.56 Å². The van der Waals surface area contributed by atoms with Crippen LogP contribution in [0.1, 0.15) is 23.2 Å². The van der Waals surface area contributed by atoms with Gasteiger partial charge in [0.2, 0.25) is 0 Å². The highest BCUT2D eigenvalue weighted by atomic mass is 16.5. The van der Waals surface area contributed by atoms with E-state index < -0.39 is 0 Å². The van der Waals surface area contributed by atoms with Crippen molar-refractivity contribution in [3.63, 3.8) is 0 Å². The minimum Gasteiger partial charge on any atom is -0.465 e. The summed E-state index contributed by atoms with van der Waals surface area (Å²) < 4.78 is 4.77. The number of rotatable bonds is 5. The number of hydrogen-bond donors (Lipinski definition) is 1. The Labute approximate surface area is 108 Å². The molecule has 1 aromatic rings. The molecule has 1 heterocycles. The molecule has 0 saturated carbocycles. The van der Waals surface area contributed by atoms with Crippen molar-refractivity contribution in [3.8, 4) is 0 Å². The van der Waals surface area contributed by atoms with Crippen LogP contribution in [-0.4, -0.2) is 44.2 Å². The normalized spacial score (nSPS) is 15.6. The first kappa shape index (κ1) is 12.9. The van der Waals surface area contributed by atoms with Crippen LogP contribution in [-0.2, 0) is 4.74 Å². The lowest BCUT2D eigenvalue weighted by Gasteiger charge is -2.16. The zero-order valence-electron chi connectivity index (χ0n) is 10.8. The van der Waals surface area contributed by atoms with E-state index in [9.17, 15) is 4.79 Å². The van der Waals surface area contributed by atoms with Crippen molar-refractivity contribution in [1.82, 2.24) is 4.90 Å². The van der Waals surface area contributed by atoms with Crippen LogP contribution in [0.3, 0.4) is 0 Å². The van der Waals surface area contributed by atoms with Crippen LogP contribution in [0.4, 0.5) is 5.69 Å². The Morgan fingerprint density at radius 3 is 2.78 bits per heavy atom. The van der Waals surface area contributed by atoms with Gasteiger partial charge in [0.05, 0.1) is 12.7 Å². The molecule has 1 fully saturated rings. The molecule has 1 saturated heterocycles. The van der Waals surface area contributed by atoms with Crippen molar-refractivity contribution >= 4 is 11.7 Å². The maximum Gasteiger partial charge on any atom is 0.339 e. The highest BCUT2D eigenvalue weighted by Crippen LogP contribution is 2.16. The van der Waals surface area contributed by atoms with Gasteiger partial charge in [-0.05, 0) is 38.1 Å².